The second-order valence-corrected chi connectivity index (χ2v) is 9.20. The number of hydrogen-bond donors (Lipinski definition) is 1. The zero-order valence-corrected chi connectivity index (χ0v) is 21.2. The van der Waals surface area contributed by atoms with Gasteiger partial charge in [-0.3, -0.25) is 9.59 Å². The van der Waals surface area contributed by atoms with E-state index in [1.54, 1.807) is 42.5 Å². The number of amides is 1. The van der Waals surface area contributed by atoms with Crippen molar-refractivity contribution in [2.24, 2.45) is 5.92 Å². The average molecular weight is 502 g/mol. The molecule has 192 valence electrons. The highest BCUT2D eigenvalue weighted by Gasteiger charge is 2.46. The van der Waals surface area contributed by atoms with E-state index in [1.165, 1.54) is 12.0 Å². The van der Waals surface area contributed by atoms with Gasteiger partial charge in [0, 0.05) is 19.2 Å². The minimum absolute atomic E-state index is 0.0220. The molecule has 0 saturated carbocycles. The number of Topliss-reactive ketones (excluding diaryl/α,β-unsaturated/α-hetero) is 1. The molecule has 0 bridgehead atoms. The Labute approximate surface area is 216 Å². The molecular weight excluding hydrogens is 470 g/mol. The van der Waals surface area contributed by atoms with Gasteiger partial charge in [-0.25, -0.2) is 0 Å². The SMILES string of the molecule is COCCN1C(=O)C(=O)/C(=C(/O)c2ccc(OCC(C)C)cc2)C1c1cccc(Oc2ccccc2)c1. The Hall–Kier alpha value is -4.10. The molecule has 0 radical (unpaired) electrons. The first-order valence-corrected chi connectivity index (χ1v) is 12.2. The van der Waals surface area contributed by atoms with Gasteiger partial charge in [0.15, 0.2) is 0 Å². The van der Waals surface area contributed by atoms with Crippen LogP contribution in [0.3, 0.4) is 0 Å². The number of ether oxygens (including phenoxy) is 3. The van der Waals surface area contributed by atoms with Crippen LogP contribution in [0.4, 0.5) is 0 Å². The summed E-state index contributed by atoms with van der Waals surface area (Å²) in [5.74, 6) is 0.572. The second kappa shape index (κ2) is 11.8. The Bertz CT molecular complexity index is 1270. The normalized spacial score (nSPS) is 16.9. The molecule has 3 aromatic carbocycles. The van der Waals surface area contributed by atoms with Crippen molar-refractivity contribution in [3.05, 3.63) is 95.6 Å². The van der Waals surface area contributed by atoms with Gasteiger partial charge in [-0.15, -0.1) is 0 Å². The molecule has 1 aliphatic rings. The summed E-state index contributed by atoms with van der Waals surface area (Å²) in [5.41, 5.74) is 1.08. The molecule has 4 rings (SSSR count). The molecule has 1 aliphatic heterocycles. The van der Waals surface area contributed by atoms with Gasteiger partial charge in [0.05, 0.1) is 24.8 Å². The molecule has 7 heteroatoms. The largest absolute Gasteiger partial charge is 0.507 e. The number of ketones is 1. The Morgan fingerprint density at radius 1 is 0.919 bits per heavy atom. The van der Waals surface area contributed by atoms with E-state index in [1.807, 2.05) is 36.4 Å². The van der Waals surface area contributed by atoms with Crippen LogP contribution in [0.1, 0.15) is 31.0 Å². The molecule has 3 aromatic rings. The van der Waals surface area contributed by atoms with Gasteiger partial charge in [0.2, 0.25) is 0 Å². The Kier molecular flexibility index (Phi) is 8.25. The Morgan fingerprint density at radius 3 is 2.30 bits per heavy atom. The van der Waals surface area contributed by atoms with Crippen LogP contribution in [-0.2, 0) is 14.3 Å². The molecule has 7 nitrogen and oxygen atoms in total. The molecular formula is C30H31NO6. The second-order valence-electron chi connectivity index (χ2n) is 9.20. The van der Waals surface area contributed by atoms with E-state index in [0.29, 0.717) is 40.9 Å². The van der Waals surface area contributed by atoms with Crippen LogP contribution in [0.2, 0.25) is 0 Å². The molecule has 1 N–H and O–H groups in total. The van der Waals surface area contributed by atoms with E-state index in [0.717, 1.165) is 0 Å². The highest BCUT2D eigenvalue weighted by atomic mass is 16.5. The van der Waals surface area contributed by atoms with Gasteiger partial charge in [-0.2, -0.15) is 0 Å². The smallest absolute Gasteiger partial charge is 0.295 e. The molecule has 0 aliphatic carbocycles. The third kappa shape index (κ3) is 6.01. The summed E-state index contributed by atoms with van der Waals surface area (Å²) >= 11 is 0. The van der Waals surface area contributed by atoms with E-state index in [9.17, 15) is 14.7 Å². The summed E-state index contributed by atoms with van der Waals surface area (Å²) < 4.78 is 16.9. The summed E-state index contributed by atoms with van der Waals surface area (Å²) in [7, 11) is 1.53. The molecule has 1 fully saturated rings. The highest BCUT2D eigenvalue weighted by molar-refractivity contribution is 6.46. The Morgan fingerprint density at radius 2 is 1.62 bits per heavy atom. The van der Waals surface area contributed by atoms with Crippen molar-refractivity contribution in [1.82, 2.24) is 4.90 Å². The van der Waals surface area contributed by atoms with Crippen molar-refractivity contribution in [2.45, 2.75) is 19.9 Å². The lowest BCUT2D eigenvalue weighted by Gasteiger charge is -2.25. The maximum Gasteiger partial charge on any atom is 0.295 e. The van der Waals surface area contributed by atoms with Gasteiger partial charge in [-0.1, -0.05) is 44.2 Å². The van der Waals surface area contributed by atoms with Gasteiger partial charge < -0.3 is 24.2 Å². The number of carbonyl (C=O) groups is 2. The predicted octanol–water partition coefficient (Wildman–Crippen LogP) is 5.58. The van der Waals surface area contributed by atoms with E-state index in [-0.39, 0.29) is 24.5 Å². The fraction of sp³-hybridized carbons (Fsp3) is 0.267. The summed E-state index contributed by atoms with van der Waals surface area (Å²) in [6, 6.07) is 22.5. The van der Waals surface area contributed by atoms with E-state index in [4.69, 9.17) is 14.2 Å². The monoisotopic (exact) mass is 501 g/mol. The number of nitrogens with zero attached hydrogens (tertiary/aromatic N) is 1. The highest BCUT2D eigenvalue weighted by Crippen LogP contribution is 2.40. The van der Waals surface area contributed by atoms with E-state index >= 15 is 0 Å². The van der Waals surface area contributed by atoms with Crippen LogP contribution >= 0.6 is 0 Å². The third-order valence-corrected chi connectivity index (χ3v) is 5.94. The average Bonchev–Trinajstić information content (AvgIpc) is 3.16. The van der Waals surface area contributed by atoms with Crippen molar-refractivity contribution in [1.29, 1.82) is 0 Å². The summed E-state index contributed by atoms with van der Waals surface area (Å²) in [6.07, 6.45) is 0. The number of para-hydroxylation sites is 1. The number of aliphatic hydroxyl groups is 1. The van der Waals surface area contributed by atoms with Crippen LogP contribution in [0.25, 0.3) is 5.76 Å². The molecule has 1 atom stereocenters. The first-order valence-electron chi connectivity index (χ1n) is 12.2. The van der Waals surface area contributed by atoms with Crippen LogP contribution in [0.5, 0.6) is 17.2 Å². The predicted molar refractivity (Wildman–Crippen MR) is 141 cm³/mol. The number of aliphatic hydroxyl groups excluding tert-OH is 1. The van der Waals surface area contributed by atoms with Gasteiger partial charge in [0.1, 0.15) is 23.0 Å². The number of carbonyl (C=O) groups excluding carboxylic acids is 2. The maximum atomic E-state index is 13.2. The van der Waals surface area contributed by atoms with Crippen LogP contribution < -0.4 is 9.47 Å². The number of likely N-dealkylation sites (tertiary alicyclic amines) is 1. The van der Waals surface area contributed by atoms with Crippen molar-refractivity contribution >= 4 is 17.4 Å². The fourth-order valence-electron chi connectivity index (χ4n) is 4.15. The number of hydrogen-bond acceptors (Lipinski definition) is 6. The molecule has 1 heterocycles. The molecule has 0 spiro atoms. The lowest BCUT2D eigenvalue weighted by molar-refractivity contribution is -0.140. The summed E-state index contributed by atoms with van der Waals surface area (Å²) in [6.45, 7) is 5.11. The van der Waals surface area contributed by atoms with Crippen molar-refractivity contribution in [2.75, 3.05) is 26.9 Å². The molecule has 1 amide bonds. The maximum absolute atomic E-state index is 13.2. The molecule has 1 saturated heterocycles. The molecule has 37 heavy (non-hydrogen) atoms. The quantitative estimate of drug-likeness (QED) is 0.222. The lowest BCUT2D eigenvalue weighted by Crippen LogP contribution is -2.32. The third-order valence-electron chi connectivity index (χ3n) is 5.94. The van der Waals surface area contributed by atoms with Crippen LogP contribution in [-0.4, -0.2) is 48.6 Å². The van der Waals surface area contributed by atoms with Crippen LogP contribution in [0.15, 0.2) is 84.4 Å². The van der Waals surface area contributed by atoms with Crippen LogP contribution in [0, 0.1) is 5.92 Å². The minimum Gasteiger partial charge on any atom is -0.507 e. The molecule has 0 aromatic heterocycles. The van der Waals surface area contributed by atoms with Gasteiger partial charge in [0.25, 0.3) is 11.7 Å². The van der Waals surface area contributed by atoms with Gasteiger partial charge >= 0.3 is 0 Å². The zero-order valence-electron chi connectivity index (χ0n) is 21.2. The van der Waals surface area contributed by atoms with E-state index < -0.39 is 17.7 Å². The first kappa shape index (κ1) is 26.0. The zero-order chi connectivity index (χ0) is 26.4. The number of methoxy groups -OCH3 is 1. The van der Waals surface area contributed by atoms with Gasteiger partial charge in [-0.05, 0) is 60.0 Å². The topological polar surface area (TPSA) is 85.3 Å². The van der Waals surface area contributed by atoms with Crippen molar-refractivity contribution in [3.63, 3.8) is 0 Å². The number of rotatable bonds is 10. The van der Waals surface area contributed by atoms with Crippen molar-refractivity contribution < 1.29 is 28.9 Å². The number of benzene rings is 3. The van der Waals surface area contributed by atoms with Crippen molar-refractivity contribution in [3.8, 4) is 17.2 Å². The first-order chi connectivity index (χ1) is 17.9. The Balaban J connectivity index is 1.72. The van der Waals surface area contributed by atoms with E-state index in [2.05, 4.69) is 13.8 Å². The minimum atomic E-state index is -0.800. The fourth-order valence-corrected chi connectivity index (χ4v) is 4.15. The lowest BCUT2D eigenvalue weighted by atomic mass is 9.95. The standard InChI is InChI=1S/C30H31NO6/c1-20(2)19-36-23-14-12-21(13-15-23)28(32)26-27(31(16-17-35-3)30(34)29(26)33)22-8-7-11-25(18-22)37-24-9-5-4-6-10-24/h4-15,18,20,27,32H,16-17,19H2,1-3H3/b28-26+. The summed E-state index contributed by atoms with van der Waals surface area (Å²) in [4.78, 5) is 27.7. The molecule has 1 unspecified atom stereocenters. The summed E-state index contributed by atoms with van der Waals surface area (Å²) in [5, 5.41) is 11.3.